The molecular formula is C96H122N16. The number of hydrogen-bond donors (Lipinski definition) is 2. The average Bonchev–Trinajstić information content (AvgIpc) is 1.59. The van der Waals surface area contributed by atoms with Crippen molar-refractivity contribution < 1.29 is 0 Å². The molecule has 586 valence electrons. The van der Waals surface area contributed by atoms with Crippen LogP contribution >= 0.6 is 0 Å². The molecule has 0 saturated carbocycles. The molecule has 2 aliphatic rings. The Hall–Kier alpha value is -9.44. The molecule has 112 heavy (non-hydrogen) atoms. The number of aryl methyl sites for hydroxylation is 4. The Labute approximate surface area is 666 Å². The van der Waals surface area contributed by atoms with E-state index in [1.54, 1.807) is 0 Å². The van der Waals surface area contributed by atoms with Gasteiger partial charge < -0.3 is 9.97 Å². The highest BCUT2D eigenvalue weighted by Crippen LogP contribution is 2.38. The molecule has 0 unspecified atom stereocenters. The van der Waals surface area contributed by atoms with Gasteiger partial charge in [0.25, 0.3) is 0 Å². The average molecular weight is 1500 g/mol. The van der Waals surface area contributed by atoms with Crippen molar-refractivity contribution in [2.24, 2.45) is 0 Å². The van der Waals surface area contributed by atoms with Crippen LogP contribution in [0.5, 0.6) is 0 Å². The second-order valence-electron chi connectivity index (χ2n) is 31.9. The van der Waals surface area contributed by atoms with Gasteiger partial charge in [-0.1, -0.05) is 356 Å². The summed E-state index contributed by atoms with van der Waals surface area (Å²) in [5.41, 5.74) is 17.1. The second-order valence-corrected chi connectivity index (χ2v) is 31.9. The summed E-state index contributed by atoms with van der Waals surface area (Å²) in [4.78, 5) is 81.2. The number of unbranched alkanes of at least 4 members (excludes halogenated alkanes) is 36. The first kappa shape index (κ1) is 80.6. The van der Waals surface area contributed by atoms with Crippen molar-refractivity contribution in [3.63, 3.8) is 0 Å². The number of aromatic nitrogens is 16. The molecule has 8 bridgehead atoms. The van der Waals surface area contributed by atoms with Gasteiger partial charge in [0.2, 0.25) is 0 Å². The first-order valence-corrected chi connectivity index (χ1v) is 44.1. The second kappa shape index (κ2) is 43.0. The van der Waals surface area contributed by atoms with Gasteiger partial charge in [0.1, 0.15) is 44.8 Å². The van der Waals surface area contributed by atoms with Gasteiger partial charge in [-0.05, 0) is 73.6 Å². The van der Waals surface area contributed by atoms with E-state index in [4.69, 9.17) is 69.8 Å². The van der Waals surface area contributed by atoms with E-state index in [0.717, 1.165) is 47.9 Å². The first-order chi connectivity index (χ1) is 55.4. The van der Waals surface area contributed by atoms with Crippen LogP contribution in [0, 0.1) is 0 Å². The zero-order chi connectivity index (χ0) is 76.7. The zero-order valence-electron chi connectivity index (χ0n) is 67.9. The number of aromatic amines is 2. The summed E-state index contributed by atoms with van der Waals surface area (Å²) in [6.07, 6.45) is 64.0. The van der Waals surface area contributed by atoms with Crippen molar-refractivity contribution >= 4 is 44.7 Å². The molecule has 0 aliphatic carbocycles. The molecule has 7 aromatic heterocycles. The van der Waals surface area contributed by atoms with Crippen molar-refractivity contribution in [3.05, 3.63) is 144 Å². The lowest BCUT2D eigenvalue weighted by Gasteiger charge is -2.06. The monoisotopic (exact) mass is 1500 g/mol. The Bertz CT molecular complexity index is 4600. The van der Waals surface area contributed by atoms with Crippen LogP contribution in [0.15, 0.2) is 122 Å². The summed E-state index contributed by atoms with van der Waals surface area (Å²) in [6.45, 7) is 9.14. The van der Waals surface area contributed by atoms with Crippen molar-refractivity contribution in [2.45, 2.75) is 310 Å². The molecule has 2 aliphatic heterocycles. The summed E-state index contributed by atoms with van der Waals surface area (Å²) in [5.74, 6) is 1.17. The van der Waals surface area contributed by atoms with Crippen molar-refractivity contribution in [3.8, 4) is 91.1 Å². The summed E-state index contributed by atoms with van der Waals surface area (Å²) in [5, 5.41) is 0. The van der Waals surface area contributed by atoms with Gasteiger partial charge in [0.15, 0.2) is 45.9 Å². The molecular weight excluding hydrogens is 1380 g/mol. The molecule has 16 nitrogen and oxygen atoms in total. The van der Waals surface area contributed by atoms with E-state index >= 15 is 0 Å². The zero-order valence-corrected chi connectivity index (χ0v) is 67.9. The number of benzene rings is 4. The predicted molar refractivity (Wildman–Crippen MR) is 462 cm³/mol. The van der Waals surface area contributed by atoms with Gasteiger partial charge in [-0.3, -0.25) is 0 Å². The SMILES string of the molecule is CCCCCCCCCCCCc1ccc(-c2cnc3c(n2)-c2nc-3nc3[nH]c(nc4nc(nc5[nH]c(n2)c2ncc(-c6ccc(CCCCCCCCCCCC)cc6)nc52)-c2ncc(-c5ccc(CCCCCCCCCCCC)cc5)nc2-4)c2ncc(-c4ccc(CCCCCCCCCCCC)cc4)nc32)cc1. The van der Waals surface area contributed by atoms with E-state index in [-0.39, 0.29) is 0 Å². The van der Waals surface area contributed by atoms with Gasteiger partial charge >= 0.3 is 0 Å². The molecule has 0 amide bonds. The summed E-state index contributed by atoms with van der Waals surface area (Å²) in [6, 6.07) is 35.1. The fourth-order valence-corrected chi connectivity index (χ4v) is 16.0. The van der Waals surface area contributed by atoms with Crippen molar-refractivity contribution in [1.29, 1.82) is 0 Å². The van der Waals surface area contributed by atoms with E-state index in [1.807, 2.05) is 24.8 Å². The van der Waals surface area contributed by atoms with Crippen molar-refractivity contribution in [2.75, 3.05) is 0 Å². The molecule has 2 N–H and O–H groups in total. The number of fused-ring (bicyclic) bond motifs is 20. The maximum atomic E-state index is 5.38. The maximum absolute atomic E-state index is 5.38. The summed E-state index contributed by atoms with van der Waals surface area (Å²) in [7, 11) is 0. The normalized spacial score (nSPS) is 11.9. The Morgan fingerprint density at radius 2 is 0.411 bits per heavy atom. The lowest BCUT2D eigenvalue weighted by molar-refractivity contribution is 0.556. The number of nitrogens with one attached hydrogen (secondary N) is 2. The third-order valence-corrected chi connectivity index (χ3v) is 22.9. The van der Waals surface area contributed by atoms with E-state index in [9.17, 15) is 0 Å². The quantitative estimate of drug-likeness (QED) is 0.0340. The van der Waals surface area contributed by atoms with Crippen LogP contribution in [0.4, 0.5) is 0 Å². The smallest absolute Gasteiger partial charge is 0.184 e. The van der Waals surface area contributed by atoms with Crippen molar-refractivity contribution in [1.82, 2.24) is 79.7 Å². The largest absolute Gasteiger partial charge is 0.321 e. The third-order valence-electron chi connectivity index (χ3n) is 22.9. The molecule has 0 saturated heterocycles. The van der Waals surface area contributed by atoms with Crippen LogP contribution in [-0.2, 0) is 25.7 Å². The van der Waals surface area contributed by atoms with Crippen LogP contribution in [0.1, 0.15) is 307 Å². The molecule has 0 fully saturated rings. The van der Waals surface area contributed by atoms with E-state index in [1.165, 1.54) is 279 Å². The maximum Gasteiger partial charge on any atom is 0.184 e. The molecule has 11 aromatic rings. The van der Waals surface area contributed by atoms with Crippen LogP contribution in [0.25, 0.3) is 136 Å². The predicted octanol–water partition coefficient (Wildman–Crippen LogP) is 26.6. The minimum Gasteiger partial charge on any atom is -0.321 e. The number of rotatable bonds is 48. The first-order valence-electron chi connectivity index (χ1n) is 44.1. The highest BCUT2D eigenvalue weighted by molar-refractivity contribution is 6.02. The fraction of sp³-hybridized carbons (Fsp3) is 0.500. The fourth-order valence-electron chi connectivity index (χ4n) is 16.0. The number of hydrogen-bond acceptors (Lipinski definition) is 14. The minimum atomic E-state index is 0.292. The Morgan fingerprint density at radius 1 is 0.196 bits per heavy atom. The highest BCUT2D eigenvalue weighted by Gasteiger charge is 2.28. The molecule has 16 heteroatoms. The molecule has 9 heterocycles. The Kier molecular flexibility index (Phi) is 30.9. The van der Waals surface area contributed by atoms with E-state index in [2.05, 4.69) is 135 Å². The standard InChI is InChI=1S/C96H122N16/c1-5-9-13-17-21-25-29-33-37-41-45-69-49-57-73(58-50-69)77-65-97-81-85(101-77)93-105-89(81)110-94-87-83(99-67-79(103-87)75-61-53-71(54-62-75)47-43-39-35-31-27-23-19-15-11-7-3)91(107-94)112-96-88-84(100-68-80(104-88)76-63-55-72(56-64-76)48-44-40-36-32-28-24-20-16-12-8-4)92(108-96)111-95-86-82(90(106-95)109-93)98-66-78(102-86)74-59-51-70(52-60-74)46-42-38-34-30-26-22-18-14-10-6-2/h49-68H,5-48H2,1-4H3,(H2,105,106,107,108,109,110,111,112). The van der Waals surface area contributed by atoms with Crippen LogP contribution in [0.3, 0.4) is 0 Å². The Balaban J connectivity index is 0.857. The van der Waals surface area contributed by atoms with E-state index < -0.39 is 0 Å². The number of H-pyrrole nitrogens is 2. The van der Waals surface area contributed by atoms with Crippen LogP contribution in [-0.4, -0.2) is 79.7 Å². The lowest BCUT2D eigenvalue weighted by atomic mass is 10.0. The molecule has 0 radical (unpaired) electrons. The lowest BCUT2D eigenvalue weighted by Crippen LogP contribution is -1.94. The molecule has 0 atom stereocenters. The van der Waals surface area contributed by atoms with Gasteiger partial charge in [0, 0.05) is 22.3 Å². The number of nitrogens with zero attached hydrogens (tertiary/aromatic N) is 14. The topological polar surface area (TPSA) is 212 Å². The summed E-state index contributed by atoms with van der Waals surface area (Å²) < 4.78 is 0. The minimum absolute atomic E-state index is 0.292. The summed E-state index contributed by atoms with van der Waals surface area (Å²) >= 11 is 0. The van der Waals surface area contributed by atoms with Gasteiger partial charge in [-0.15, -0.1) is 0 Å². The van der Waals surface area contributed by atoms with E-state index in [0.29, 0.717) is 114 Å². The van der Waals surface area contributed by atoms with Gasteiger partial charge in [-0.25, -0.2) is 69.8 Å². The highest BCUT2D eigenvalue weighted by atomic mass is 15.1. The molecule has 0 spiro atoms. The Morgan fingerprint density at radius 3 is 0.670 bits per heavy atom. The third kappa shape index (κ3) is 22.5. The van der Waals surface area contributed by atoms with Crippen LogP contribution in [0.2, 0.25) is 0 Å². The molecule has 13 rings (SSSR count). The van der Waals surface area contributed by atoms with Crippen LogP contribution < -0.4 is 0 Å². The van der Waals surface area contributed by atoms with Gasteiger partial charge in [0.05, 0.1) is 47.6 Å². The van der Waals surface area contributed by atoms with Gasteiger partial charge in [-0.2, -0.15) is 0 Å². The molecule has 4 aromatic carbocycles.